The first-order chi connectivity index (χ1) is 9.42. The van der Waals surface area contributed by atoms with E-state index in [0.717, 1.165) is 18.8 Å². The van der Waals surface area contributed by atoms with Crippen LogP contribution in [0, 0.1) is 0 Å². The van der Waals surface area contributed by atoms with Crippen LogP contribution >= 0.6 is 0 Å². The van der Waals surface area contributed by atoms with Gasteiger partial charge in [0.2, 0.25) is 0 Å². The molecule has 4 heteroatoms. The Hall–Kier alpha value is -1.94. The lowest BCUT2D eigenvalue weighted by Gasteiger charge is -2.23. The van der Waals surface area contributed by atoms with Crippen molar-refractivity contribution in [1.82, 2.24) is 15.3 Å². The van der Waals surface area contributed by atoms with Crippen LogP contribution in [0.5, 0.6) is 11.8 Å². The smallest absolute Gasteiger partial charge is 0.321 e. The van der Waals surface area contributed by atoms with Crippen LogP contribution in [0.3, 0.4) is 0 Å². The summed E-state index contributed by atoms with van der Waals surface area (Å²) in [6.45, 7) is 2.22. The van der Waals surface area contributed by atoms with E-state index in [-0.39, 0.29) is 0 Å². The zero-order chi connectivity index (χ0) is 12.9. The highest BCUT2D eigenvalue weighted by Gasteiger charge is 2.14. The molecule has 1 aliphatic rings. The Morgan fingerprint density at radius 3 is 2.37 bits per heavy atom. The average Bonchev–Trinajstić information content (AvgIpc) is 2.50. The molecule has 1 saturated heterocycles. The number of rotatable bonds is 3. The highest BCUT2D eigenvalue weighted by molar-refractivity contribution is 5.31. The van der Waals surface area contributed by atoms with Crippen molar-refractivity contribution in [2.45, 2.75) is 18.8 Å². The minimum Gasteiger partial charge on any atom is -0.424 e. The molecule has 0 radical (unpaired) electrons. The van der Waals surface area contributed by atoms with E-state index < -0.39 is 0 Å². The molecule has 0 unspecified atom stereocenters. The van der Waals surface area contributed by atoms with E-state index in [9.17, 15) is 0 Å². The number of ether oxygens (including phenoxy) is 1. The summed E-state index contributed by atoms with van der Waals surface area (Å²) in [6, 6.07) is 10.4. The maximum absolute atomic E-state index is 5.59. The lowest BCUT2D eigenvalue weighted by molar-refractivity contribution is 0.439. The predicted octanol–water partition coefficient (Wildman–Crippen LogP) is 2.74. The minimum absolute atomic E-state index is 0.386. The van der Waals surface area contributed by atoms with Gasteiger partial charge in [0.1, 0.15) is 5.75 Å². The van der Waals surface area contributed by atoms with Crippen LogP contribution < -0.4 is 10.1 Å². The first-order valence-electron chi connectivity index (χ1n) is 6.67. The molecular weight excluding hydrogens is 238 g/mol. The summed E-state index contributed by atoms with van der Waals surface area (Å²) in [6.07, 6.45) is 5.77. The molecule has 19 heavy (non-hydrogen) atoms. The fraction of sp³-hybridized carbons (Fsp3) is 0.333. The molecule has 3 rings (SSSR count). The summed E-state index contributed by atoms with van der Waals surface area (Å²) in [4.78, 5) is 8.09. The quantitative estimate of drug-likeness (QED) is 0.916. The summed E-state index contributed by atoms with van der Waals surface area (Å²) < 4.78 is 5.59. The second-order valence-corrected chi connectivity index (χ2v) is 4.73. The SMILES string of the molecule is c1cnc(Oc2ccc(C3CCNCC3)cc2)nc1. The zero-order valence-corrected chi connectivity index (χ0v) is 10.7. The number of hydrogen-bond acceptors (Lipinski definition) is 4. The van der Waals surface area contributed by atoms with Gasteiger partial charge in [-0.15, -0.1) is 0 Å². The molecule has 1 aromatic heterocycles. The Morgan fingerprint density at radius 2 is 1.68 bits per heavy atom. The van der Waals surface area contributed by atoms with Crippen LogP contribution in [-0.2, 0) is 0 Å². The number of benzene rings is 1. The van der Waals surface area contributed by atoms with E-state index in [4.69, 9.17) is 4.74 Å². The molecule has 0 aliphatic carbocycles. The topological polar surface area (TPSA) is 47.0 Å². The number of hydrogen-bond donors (Lipinski definition) is 1. The minimum atomic E-state index is 0.386. The van der Waals surface area contributed by atoms with Crippen molar-refractivity contribution >= 4 is 0 Å². The number of aromatic nitrogens is 2. The van der Waals surface area contributed by atoms with E-state index in [1.807, 2.05) is 12.1 Å². The molecule has 4 nitrogen and oxygen atoms in total. The van der Waals surface area contributed by atoms with Crippen molar-refractivity contribution in [3.8, 4) is 11.8 Å². The molecule has 0 atom stereocenters. The van der Waals surface area contributed by atoms with Gasteiger partial charge in [-0.05, 0) is 55.6 Å². The third-order valence-corrected chi connectivity index (χ3v) is 3.44. The van der Waals surface area contributed by atoms with Gasteiger partial charge in [-0.3, -0.25) is 0 Å². The largest absolute Gasteiger partial charge is 0.424 e. The molecule has 1 aromatic carbocycles. The highest BCUT2D eigenvalue weighted by Crippen LogP contribution is 2.27. The molecule has 0 spiro atoms. The molecule has 2 aromatic rings. The lowest BCUT2D eigenvalue weighted by Crippen LogP contribution is -2.26. The summed E-state index contributed by atoms with van der Waals surface area (Å²) in [5, 5.41) is 3.39. The molecule has 0 saturated carbocycles. The number of nitrogens with zero attached hydrogens (tertiary/aromatic N) is 2. The van der Waals surface area contributed by atoms with E-state index in [1.54, 1.807) is 18.5 Å². The first-order valence-corrected chi connectivity index (χ1v) is 6.67. The molecule has 98 valence electrons. The van der Waals surface area contributed by atoms with Gasteiger partial charge in [0.15, 0.2) is 0 Å². The van der Waals surface area contributed by atoms with Gasteiger partial charge in [-0.2, -0.15) is 0 Å². The van der Waals surface area contributed by atoms with E-state index >= 15 is 0 Å². The molecule has 2 heterocycles. The van der Waals surface area contributed by atoms with Crippen LogP contribution in [0.1, 0.15) is 24.3 Å². The van der Waals surface area contributed by atoms with Crippen LogP contribution in [0.4, 0.5) is 0 Å². The molecule has 1 fully saturated rings. The van der Waals surface area contributed by atoms with Crippen molar-refractivity contribution in [1.29, 1.82) is 0 Å². The van der Waals surface area contributed by atoms with Crippen LogP contribution in [0.2, 0.25) is 0 Å². The van der Waals surface area contributed by atoms with Crippen LogP contribution in [0.15, 0.2) is 42.7 Å². The highest BCUT2D eigenvalue weighted by atomic mass is 16.5. The number of piperidine rings is 1. The fourth-order valence-electron chi connectivity index (χ4n) is 2.41. The van der Waals surface area contributed by atoms with Gasteiger partial charge in [-0.1, -0.05) is 12.1 Å². The monoisotopic (exact) mass is 255 g/mol. The van der Waals surface area contributed by atoms with Crippen molar-refractivity contribution in [3.05, 3.63) is 48.3 Å². The normalized spacial score (nSPS) is 16.2. The Morgan fingerprint density at radius 1 is 1.00 bits per heavy atom. The summed E-state index contributed by atoms with van der Waals surface area (Å²) in [7, 11) is 0. The third-order valence-electron chi connectivity index (χ3n) is 3.44. The maximum atomic E-state index is 5.59. The summed E-state index contributed by atoms with van der Waals surface area (Å²) in [5.74, 6) is 1.45. The third kappa shape index (κ3) is 3.09. The standard InChI is InChI=1S/C15H17N3O/c1-8-17-15(18-9-1)19-14-4-2-12(3-5-14)13-6-10-16-11-7-13/h1-5,8-9,13,16H,6-7,10-11H2. The Balaban J connectivity index is 1.68. The molecule has 0 bridgehead atoms. The fourth-order valence-corrected chi connectivity index (χ4v) is 2.41. The van der Waals surface area contributed by atoms with Crippen LogP contribution in [-0.4, -0.2) is 23.1 Å². The van der Waals surface area contributed by atoms with Crippen molar-refractivity contribution < 1.29 is 4.74 Å². The lowest BCUT2D eigenvalue weighted by atomic mass is 9.90. The Bertz CT molecular complexity index is 507. The van der Waals surface area contributed by atoms with Gasteiger partial charge in [0.25, 0.3) is 0 Å². The average molecular weight is 255 g/mol. The van der Waals surface area contributed by atoms with Crippen LogP contribution in [0.25, 0.3) is 0 Å². The summed E-state index contributed by atoms with van der Waals surface area (Å²) >= 11 is 0. The van der Waals surface area contributed by atoms with Gasteiger partial charge in [0.05, 0.1) is 0 Å². The second-order valence-electron chi connectivity index (χ2n) is 4.73. The first kappa shape index (κ1) is 12.1. The van der Waals surface area contributed by atoms with Crippen molar-refractivity contribution in [2.75, 3.05) is 13.1 Å². The van der Waals surface area contributed by atoms with E-state index in [0.29, 0.717) is 11.9 Å². The maximum Gasteiger partial charge on any atom is 0.321 e. The van der Waals surface area contributed by atoms with Gasteiger partial charge in [-0.25, -0.2) is 9.97 Å². The molecule has 1 aliphatic heterocycles. The predicted molar refractivity (Wildman–Crippen MR) is 73.4 cm³/mol. The van der Waals surface area contributed by atoms with Gasteiger partial charge < -0.3 is 10.1 Å². The van der Waals surface area contributed by atoms with E-state index in [1.165, 1.54) is 18.4 Å². The molecule has 0 amide bonds. The second kappa shape index (κ2) is 5.80. The zero-order valence-electron chi connectivity index (χ0n) is 10.7. The van der Waals surface area contributed by atoms with Gasteiger partial charge >= 0.3 is 6.01 Å². The van der Waals surface area contributed by atoms with Gasteiger partial charge in [0, 0.05) is 12.4 Å². The van der Waals surface area contributed by atoms with Crippen molar-refractivity contribution in [3.63, 3.8) is 0 Å². The molecular formula is C15H17N3O. The molecule has 1 N–H and O–H groups in total. The Labute approximate surface area is 112 Å². The summed E-state index contributed by atoms with van der Waals surface area (Å²) in [5.41, 5.74) is 1.39. The van der Waals surface area contributed by atoms with E-state index in [2.05, 4.69) is 27.4 Å². The Kier molecular flexibility index (Phi) is 3.70. The number of nitrogens with one attached hydrogen (secondary N) is 1. The van der Waals surface area contributed by atoms with Crippen molar-refractivity contribution in [2.24, 2.45) is 0 Å².